The molecule has 0 saturated carbocycles. The van der Waals surface area contributed by atoms with E-state index in [1.54, 1.807) is 7.11 Å². The highest BCUT2D eigenvalue weighted by molar-refractivity contribution is 5.46. The molecule has 1 aromatic rings. The molecule has 0 aromatic heterocycles. The predicted molar refractivity (Wildman–Crippen MR) is 93.1 cm³/mol. The number of unbranched alkanes of at least 4 members (excludes halogenated alkanes) is 1. The summed E-state index contributed by atoms with van der Waals surface area (Å²) in [5.41, 5.74) is 0.556. The maximum atomic E-state index is 10.2. The van der Waals surface area contributed by atoms with Crippen LogP contribution in [-0.4, -0.2) is 42.4 Å². The Bertz CT molecular complexity index is 496. The first kappa shape index (κ1) is 18.1. The Balaban J connectivity index is 2.07. The van der Waals surface area contributed by atoms with Crippen LogP contribution >= 0.6 is 0 Å². The van der Waals surface area contributed by atoms with Crippen molar-refractivity contribution in [2.24, 2.45) is 5.92 Å². The van der Waals surface area contributed by atoms with E-state index in [4.69, 9.17) is 9.47 Å². The van der Waals surface area contributed by atoms with Crippen LogP contribution in [-0.2, 0) is 6.54 Å². The Kier molecular flexibility index (Phi) is 6.31. The predicted octanol–water partition coefficient (Wildman–Crippen LogP) is 3.47. The molecule has 4 nitrogen and oxygen atoms in total. The van der Waals surface area contributed by atoms with Crippen molar-refractivity contribution >= 4 is 0 Å². The zero-order valence-corrected chi connectivity index (χ0v) is 15.0. The lowest BCUT2D eigenvalue weighted by Gasteiger charge is -2.26. The molecule has 1 heterocycles. The topological polar surface area (TPSA) is 41.9 Å². The van der Waals surface area contributed by atoms with Gasteiger partial charge in [0.2, 0.25) is 0 Å². The van der Waals surface area contributed by atoms with Crippen molar-refractivity contribution in [3.63, 3.8) is 0 Å². The molecule has 2 rings (SSSR count). The van der Waals surface area contributed by atoms with Crippen LogP contribution in [0.25, 0.3) is 0 Å². The fraction of sp³-hybridized carbons (Fsp3) is 0.684. The second-order valence-corrected chi connectivity index (χ2v) is 7.02. The van der Waals surface area contributed by atoms with Gasteiger partial charge in [-0.15, -0.1) is 0 Å². The average Bonchev–Trinajstić information content (AvgIpc) is 2.97. The molecule has 4 heteroatoms. The van der Waals surface area contributed by atoms with Gasteiger partial charge in [-0.25, -0.2) is 0 Å². The van der Waals surface area contributed by atoms with E-state index in [1.165, 1.54) is 0 Å². The van der Waals surface area contributed by atoms with Gasteiger partial charge in [0.05, 0.1) is 19.3 Å². The zero-order valence-electron chi connectivity index (χ0n) is 15.0. The van der Waals surface area contributed by atoms with Crippen LogP contribution in [0.2, 0.25) is 0 Å². The van der Waals surface area contributed by atoms with Crippen LogP contribution in [0, 0.1) is 5.92 Å². The minimum atomic E-state index is -0.608. The standard InChI is InChI=1S/C19H31NO3/c1-5-6-12-23-18-15(8-7-9-17(18)22-4)13-20-11-10-16(14-20)19(2,3)21/h7-9,16,21H,5-6,10-14H2,1-4H3/t16-/m0/s1. The van der Waals surface area contributed by atoms with Gasteiger partial charge in [-0.3, -0.25) is 4.90 Å². The van der Waals surface area contributed by atoms with Crippen LogP contribution in [0.5, 0.6) is 11.5 Å². The van der Waals surface area contributed by atoms with E-state index in [-0.39, 0.29) is 0 Å². The highest BCUT2D eigenvalue weighted by atomic mass is 16.5. The summed E-state index contributed by atoms with van der Waals surface area (Å²) in [6.07, 6.45) is 3.20. The Morgan fingerprint density at radius 3 is 2.74 bits per heavy atom. The molecule has 1 fully saturated rings. The number of hydrogen-bond donors (Lipinski definition) is 1. The Labute approximate surface area is 140 Å². The lowest BCUT2D eigenvalue weighted by atomic mass is 9.90. The van der Waals surface area contributed by atoms with Gasteiger partial charge < -0.3 is 14.6 Å². The lowest BCUT2D eigenvalue weighted by Crippen LogP contribution is -2.33. The second kappa shape index (κ2) is 8.02. The summed E-state index contributed by atoms with van der Waals surface area (Å²) in [5, 5.41) is 10.2. The van der Waals surface area contributed by atoms with E-state index in [0.29, 0.717) is 5.92 Å². The lowest BCUT2D eigenvalue weighted by molar-refractivity contribution is 0.0207. The van der Waals surface area contributed by atoms with Crippen molar-refractivity contribution in [1.82, 2.24) is 4.90 Å². The van der Waals surface area contributed by atoms with Crippen molar-refractivity contribution in [2.45, 2.75) is 52.2 Å². The molecular formula is C19H31NO3. The molecule has 0 bridgehead atoms. The summed E-state index contributed by atoms with van der Waals surface area (Å²) in [6, 6.07) is 6.08. The summed E-state index contributed by atoms with van der Waals surface area (Å²) in [4.78, 5) is 2.39. The fourth-order valence-electron chi connectivity index (χ4n) is 3.12. The number of ether oxygens (including phenoxy) is 2. The van der Waals surface area contributed by atoms with Crippen LogP contribution in [0.1, 0.15) is 45.6 Å². The van der Waals surface area contributed by atoms with Crippen molar-refractivity contribution < 1.29 is 14.6 Å². The maximum Gasteiger partial charge on any atom is 0.165 e. The number of aliphatic hydroxyl groups is 1. The van der Waals surface area contributed by atoms with E-state index < -0.39 is 5.60 Å². The first-order chi connectivity index (χ1) is 11.0. The van der Waals surface area contributed by atoms with Crippen molar-refractivity contribution in [3.8, 4) is 11.5 Å². The van der Waals surface area contributed by atoms with Crippen molar-refractivity contribution in [1.29, 1.82) is 0 Å². The average molecular weight is 321 g/mol. The Morgan fingerprint density at radius 2 is 2.13 bits per heavy atom. The number of para-hydroxylation sites is 1. The van der Waals surface area contributed by atoms with Crippen molar-refractivity contribution in [2.75, 3.05) is 26.8 Å². The molecule has 0 unspecified atom stereocenters. The summed E-state index contributed by atoms with van der Waals surface area (Å²) in [7, 11) is 1.69. The SMILES string of the molecule is CCCCOc1c(CN2CC[C@H](C(C)(C)O)C2)cccc1OC. The van der Waals surface area contributed by atoms with Crippen LogP contribution in [0.15, 0.2) is 18.2 Å². The minimum absolute atomic E-state index is 0.331. The molecule has 0 spiro atoms. The molecule has 0 aliphatic carbocycles. The number of rotatable bonds is 8. The van der Waals surface area contributed by atoms with Crippen LogP contribution < -0.4 is 9.47 Å². The molecule has 0 amide bonds. The van der Waals surface area contributed by atoms with Gasteiger partial charge in [0, 0.05) is 24.6 Å². The van der Waals surface area contributed by atoms with Crippen LogP contribution in [0.3, 0.4) is 0 Å². The van der Waals surface area contributed by atoms with Gasteiger partial charge in [0.15, 0.2) is 11.5 Å². The molecule has 1 aliphatic rings. The van der Waals surface area contributed by atoms with Gasteiger partial charge in [0.1, 0.15) is 0 Å². The molecule has 130 valence electrons. The Morgan fingerprint density at radius 1 is 1.35 bits per heavy atom. The highest BCUT2D eigenvalue weighted by Gasteiger charge is 2.33. The van der Waals surface area contributed by atoms with Crippen LogP contribution in [0.4, 0.5) is 0 Å². The van der Waals surface area contributed by atoms with E-state index >= 15 is 0 Å². The molecule has 1 saturated heterocycles. The first-order valence-electron chi connectivity index (χ1n) is 8.69. The molecule has 1 N–H and O–H groups in total. The smallest absolute Gasteiger partial charge is 0.165 e. The number of likely N-dealkylation sites (tertiary alicyclic amines) is 1. The van der Waals surface area contributed by atoms with Gasteiger partial charge >= 0.3 is 0 Å². The minimum Gasteiger partial charge on any atom is -0.493 e. The molecular weight excluding hydrogens is 290 g/mol. The quantitative estimate of drug-likeness (QED) is 0.745. The molecule has 0 radical (unpaired) electrons. The van der Waals surface area contributed by atoms with E-state index in [0.717, 1.165) is 62.6 Å². The highest BCUT2D eigenvalue weighted by Crippen LogP contribution is 2.34. The van der Waals surface area contributed by atoms with Gasteiger partial charge in [0.25, 0.3) is 0 Å². The molecule has 23 heavy (non-hydrogen) atoms. The summed E-state index contributed by atoms with van der Waals surface area (Å²) in [6.45, 7) is 9.47. The second-order valence-electron chi connectivity index (χ2n) is 7.02. The zero-order chi connectivity index (χ0) is 16.9. The van der Waals surface area contributed by atoms with E-state index in [9.17, 15) is 5.11 Å². The molecule has 1 atom stereocenters. The number of nitrogens with zero attached hydrogens (tertiary/aromatic N) is 1. The number of methoxy groups -OCH3 is 1. The monoisotopic (exact) mass is 321 g/mol. The largest absolute Gasteiger partial charge is 0.493 e. The summed E-state index contributed by atoms with van der Waals surface area (Å²) >= 11 is 0. The molecule has 1 aliphatic heterocycles. The van der Waals surface area contributed by atoms with Gasteiger partial charge in [-0.05, 0) is 39.3 Å². The van der Waals surface area contributed by atoms with Gasteiger partial charge in [-0.2, -0.15) is 0 Å². The number of benzene rings is 1. The van der Waals surface area contributed by atoms with Gasteiger partial charge in [-0.1, -0.05) is 25.5 Å². The first-order valence-corrected chi connectivity index (χ1v) is 8.69. The third-order valence-electron chi connectivity index (χ3n) is 4.69. The third kappa shape index (κ3) is 4.85. The maximum absolute atomic E-state index is 10.2. The normalized spacial score (nSPS) is 19.1. The Hall–Kier alpha value is -1.26. The number of hydrogen-bond acceptors (Lipinski definition) is 4. The summed E-state index contributed by atoms with van der Waals surface area (Å²) in [5.74, 6) is 2.00. The van der Waals surface area contributed by atoms with Crippen molar-refractivity contribution in [3.05, 3.63) is 23.8 Å². The fourth-order valence-corrected chi connectivity index (χ4v) is 3.12. The van der Waals surface area contributed by atoms with E-state index in [2.05, 4.69) is 17.9 Å². The third-order valence-corrected chi connectivity index (χ3v) is 4.69. The van der Waals surface area contributed by atoms with E-state index in [1.807, 2.05) is 26.0 Å². The summed E-state index contributed by atoms with van der Waals surface area (Å²) < 4.78 is 11.5. The molecule has 1 aromatic carbocycles.